The topological polar surface area (TPSA) is 17.1 Å². The fourth-order valence-electron chi connectivity index (χ4n) is 1.52. The molecule has 0 aliphatic heterocycles. The molecule has 0 spiro atoms. The molecule has 0 aromatic heterocycles. The van der Waals surface area contributed by atoms with Crippen LogP contribution in [0.5, 0.6) is 0 Å². The average molecular weight is 284 g/mol. The van der Waals surface area contributed by atoms with Crippen molar-refractivity contribution in [2.75, 3.05) is 27.2 Å². The molecule has 0 radical (unpaired) electrons. The molecule has 0 bridgehead atoms. The van der Waals surface area contributed by atoms with Crippen LogP contribution in [0.15, 0.2) is 43.0 Å². The van der Waals surface area contributed by atoms with Gasteiger partial charge in [-0.1, -0.05) is 36.9 Å². The van der Waals surface area contributed by atoms with E-state index in [2.05, 4.69) is 6.58 Å². The molecule has 1 aromatic carbocycles. The van der Waals surface area contributed by atoms with Crippen molar-refractivity contribution in [3.63, 3.8) is 0 Å². The normalized spacial score (nSPS) is 10.4. The minimum Gasteiger partial charge on any atom is -1.00 e. The van der Waals surface area contributed by atoms with Gasteiger partial charge in [0.1, 0.15) is 6.54 Å². The van der Waals surface area contributed by atoms with E-state index in [0.29, 0.717) is 11.0 Å². The first kappa shape index (κ1) is 15.1. The number of hydrogen-bond acceptors (Lipinski definition) is 1. The van der Waals surface area contributed by atoms with Gasteiger partial charge in [0.25, 0.3) is 0 Å². The van der Waals surface area contributed by atoms with Crippen molar-refractivity contribution in [2.45, 2.75) is 0 Å². The third-order valence-corrected chi connectivity index (χ3v) is 2.29. The first-order chi connectivity index (χ1) is 7.05. The second-order valence-electron chi connectivity index (χ2n) is 4.35. The van der Waals surface area contributed by atoms with Gasteiger partial charge in [0.05, 0.1) is 20.6 Å². The molecule has 0 saturated heterocycles. The van der Waals surface area contributed by atoms with E-state index in [1.807, 2.05) is 50.5 Å². The van der Waals surface area contributed by atoms with Crippen molar-refractivity contribution in [3.8, 4) is 0 Å². The molecule has 0 heterocycles. The summed E-state index contributed by atoms with van der Waals surface area (Å²) in [7, 11) is 4.06. The molecule has 88 valence electrons. The highest BCUT2D eigenvalue weighted by Gasteiger charge is 2.19. The molecule has 0 aliphatic carbocycles. The summed E-state index contributed by atoms with van der Waals surface area (Å²) in [6.07, 6.45) is 1.85. The number of rotatable bonds is 5. The Morgan fingerprint density at radius 2 is 1.88 bits per heavy atom. The van der Waals surface area contributed by atoms with Crippen molar-refractivity contribution in [1.82, 2.24) is 0 Å². The van der Waals surface area contributed by atoms with Gasteiger partial charge in [0.15, 0.2) is 0 Å². The van der Waals surface area contributed by atoms with E-state index in [0.717, 1.165) is 12.1 Å². The predicted octanol–water partition coefficient (Wildman–Crippen LogP) is -0.864. The first-order valence-corrected chi connectivity index (χ1v) is 5.06. The summed E-state index contributed by atoms with van der Waals surface area (Å²) in [5.41, 5.74) is 0.785. The molecule has 0 N–H and O–H groups in total. The van der Waals surface area contributed by atoms with Crippen molar-refractivity contribution in [3.05, 3.63) is 48.6 Å². The van der Waals surface area contributed by atoms with E-state index in [-0.39, 0.29) is 22.8 Å². The fraction of sp³-hybridized carbons (Fsp3) is 0.308. The van der Waals surface area contributed by atoms with E-state index in [4.69, 9.17) is 0 Å². The maximum absolute atomic E-state index is 11.9. The minimum atomic E-state index is 0. The van der Waals surface area contributed by atoms with Gasteiger partial charge in [-0.2, -0.15) is 0 Å². The van der Waals surface area contributed by atoms with Crippen molar-refractivity contribution in [1.29, 1.82) is 0 Å². The van der Waals surface area contributed by atoms with Crippen LogP contribution in [0.1, 0.15) is 10.4 Å². The summed E-state index contributed by atoms with van der Waals surface area (Å²) < 4.78 is 0.650. The molecule has 3 heteroatoms. The zero-order valence-corrected chi connectivity index (χ0v) is 11.4. The van der Waals surface area contributed by atoms with Crippen molar-refractivity contribution < 1.29 is 26.3 Å². The lowest BCUT2D eigenvalue weighted by atomic mass is 10.1. The molecule has 2 nitrogen and oxygen atoms in total. The number of halogens is 1. The largest absolute Gasteiger partial charge is 1.00 e. The average Bonchev–Trinajstić information content (AvgIpc) is 2.18. The zero-order chi connectivity index (χ0) is 11.3. The smallest absolute Gasteiger partial charge is 0.216 e. The van der Waals surface area contributed by atoms with Gasteiger partial charge < -0.3 is 21.5 Å². The van der Waals surface area contributed by atoms with Gasteiger partial charge in [0.2, 0.25) is 5.78 Å². The van der Waals surface area contributed by atoms with Crippen LogP contribution in [0.25, 0.3) is 0 Å². The Kier molecular flexibility index (Phi) is 6.22. The van der Waals surface area contributed by atoms with Crippen molar-refractivity contribution in [2.24, 2.45) is 0 Å². The van der Waals surface area contributed by atoms with E-state index < -0.39 is 0 Å². The van der Waals surface area contributed by atoms with Crippen LogP contribution in [-0.2, 0) is 0 Å². The molecule has 1 aromatic rings. The van der Waals surface area contributed by atoms with Gasteiger partial charge >= 0.3 is 0 Å². The lowest BCUT2D eigenvalue weighted by molar-refractivity contribution is -0.875. The first-order valence-electron chi connectivity index (χ1n) is 5.06. The number of carbonyl (C=O) groups is 1. The Morgan fingerprint density at radius 1 is 1.31 bits per heavy atom. The predicted molar refractivity (Wildman–Crippen MR) is 62.8 cm³/mol. The quantitative estimate of drug-likeness (QED) is 0.390. The number of hydrogen-bond donors (Lipinski definition) is 0. The Hall–Kier alpha value is -0.930. The summed E-state index contributed by atoms with van der Waals surface area (Å²) in [4.78, 5) is 11.9. The van der Waals surface area contributed by atoms with E-state index >= 15 is 0 Å². The number of quaternary nitrogens is 1. The molecule has 0 atom stereocenters. The fourth-order valence-corrected chi connectivity index (χ4v) is 1.52. The van der Waals surface area contributed by atoms with Crippen LogP contribution in [0.2, 0.25) is 0 Å². The Morgan fingerprint density at radius 3 is 2.38 bits per heavy atom. The number of nitrogens with zero attached hydrogens (tertiary/aromatic N) is 1. The summed E-state index contributed by atoms with van der Waals surface area (Å²) in [5, 5.41) is 0. The maximum Gasteiger partial charge on any atom is 0.216 e. The second kappa shape index (κ2) is 6.61. The maximum atomic E-state index is 11.9. The van der Waals surface area contributed by atoms with Crippen LogP contribution in [0.3, 0.4) is 0 Å². The molecular formula is C13H18BrNO. The molecule has 0 fully saturated rings. The molecule has 0 amide bonds. The van der Waals surface area contributed by atoms with E-state index in [1.165, 1.54) is 0 Å². The summed E-state index contributed by atoms with van der Waals surface area (Å²) in [6, 6.07) is 9.41. The SMILES string of the molecule is C=CC[N+](C)(C)CC(=O)c1ccccc1.[Br-]. The highest BCUT2D eigenvalue weighted by Crippen LogP contribution is 2.05. The lowest BCUT2D eigenvalue weighted by Crippen LogP contribution is -3.00. The molecule has 0 unspecified atom stereocenters. The highest BCUT2D eigenvalue weighted by molar-refractivity contribution is 5.96. The van der Waals surface area contributed by atoms with Crippen LogP contribution in [0, 0.1) is 0 Å². The summed E-state index contributed by atoms with van der Waals surface area (Å²) in [5.74, 6) is 0.183. The molecule has 16 heavy (non-hydrogen) atoms. The Balaban J connectivity index is 0.00000225. The summed E-state index contributed by atoms with van der Waals surface area (Å²) >= 11 is 0. The van der Waals surface area contributed by atoms with Crippen molar-refractivity contribution >= 4 is 5.78 Å². The second-order valence-corrected chi connectivity index (χ2v) is 4.35. The standard InChI is InChI=1S/C13H18NO.BrH/c1-4-10-14(2,3)11-13(15)12-8-6-5-7-9-12;/h4-9H,1,10-11H2,2-3H3;1H/q+1;/p-1. The highest BCUT2D eigenvalue weighted by atomic mass is 79.9. The van der Waals surface area contributed by atoms with Crippen LogP contribution >= 0.6 is 0 Å². The van der Waals surface area contributed by atoms with E-state index in [9.17, 15) is 4.79 Å². The molecule has 0 saturated carbocycles. The Bertz CT molecular complexity index is 346. The van der Waals surface area contributed by atoms with Gasteiger partial charge in [0, 0.05) is 5.56 Å². The zero-order valence-electron chi connectivity index (χ0n) is 9.82. The number of ketones is 1. The number of carbonyl (C=O) groups excluding carboxylic acids is 1. The van der Waals surface area contributed by atoms with Gasteiger partial charge in [-0.3, -0.25) is 4.79 Å². The van der Waals surface area contributed by atoms with Gasteiger partial charge in [-0.05, 0) is 6.08 Å². The lowest BCUT2D eigenvalue weighted by Gasteiger charge is -2.27. The summed E-state index contributed by atoms with van der Waals surface area (Å²) in [6.45, 7) is 5.01. The van der Waals surface area contributed by atoms with Crippen LogP contribution < -0.4 is 17.0 Å². The third kappa shape index (κ3) is 4.73. The Labute approximate surface area is 108 Å². The number of Topliss-reactive ketones (excluding diaryl/α,β-unsaturated/α-hetero) is 1. The molecule has 0 aliphatic rings. The van der Waals surface area contributed by atoms with Crippen LogP contribution in [0.4, 0.5) is 0 Å². The van der Waals surface area contributed by atoms with Crippen LogP contribution in [-0.4, -0.2) is 37.5 Å². The molecule has 1 rings (SSSR count). The third-order valence-electron chi connectivity index (χ3n) is 2.29. The number of likely N-dealkylation sites (N-methyl/N-ethyl adjacent to an activating group) is 1. The number of benzene rings is 1. The molecular weight excluding hydrogens is 266 g/mol. The monoisotopic (exact) mass is 283 g/mol. The van der Waals surface area contributed by atoms with Gasteiger partial charge in [-0.15, -0.1) is 0 Å². The van der Waals surface area contributed by atoms with Gasteiger partial charge in [-0.25, -0.2) is 0 Å². The minimum absolute atomic E-state index is 0. The van der Waals surface area contributed by atoms with E-state index in [1.54, 1.807) is 0 Å².